The zero-order chi connectivity index (χ0) is 15.2. The molecule has 2 aromatic rings. The van der Waals surface area contributed by atoms with Crippen LogP contribution in [-0.4, -0.2) is 11.4 Å². The van der Waals surface area contributed by atoms with Crippen molar-refractivity contribution in [1.29, 1.82) is 0 Å². The number of nitrogens with two attached hydrogens (primary N) is 1. The van der Waals surface area contributed by atoms with E-state index in [9.17, 15) is 4.39 Å². The van der Waals surface area contributed by atoms with Gasteiger partial charge < -0.3 is 5.73 Å². The van der Waals surface area contributed by atoms with Gasteiger partial charge in [-0.1, -0.05) is 36.7 Å². The fourth-order valence-electron chi connectivity index (χ4n) is 2.39. The Kier molecular flexibility index (Phi) is 5.59. The van der Waals surface area contributed by atoms with Gasteiger partial charge in [0.15, 0.2) is 0 Å². The number of benzene rings is 2. The molecular weight excluding hydrogens is 287 g/mol. The summed E-state index contributed by atoms with van der Waals surface area (Å²) in [5, 5.41) is 0.476. The minimum Gasteiger partial charge on any atom is -0.399 e. The van der Waals surface area contributed by atoms with E-state index in [-0.39, 0.29) is 5.82 Å². The molecule has 2 rings (SSSR count). The normalized spacial score (nSPS) is 11.0. The van der Waals surface area contributed by atoms with Crippen LogP contribution in [0.1, 0.15) is 24.5 Å². The van der Waals surface area contributed by atoms with E-state index in [0.29, 0.717) is 17.1 Å². The Morgan fingerprint density at radius 2 is 1.90 bits per heavy atom. The molecule has 0 spiro atoms. The summed E-state index contributed by atoms with van der Waals surface area (Å²) in [4.78, 5) is 2.18. The van der Waals surface area contributed by atoms with Gasteiger partial charge in [0.25, 0.3) is 0 Å². The molecule has 2 aromatic carbocycles. The summed E-state index contributed by atoms with van der Waals surface area (Å²) in [5.74, 6) is -0.254. The summed E-state index contributed by atoms with van der Waals surface area (Å²) in [5.41, 5.74) is 8.23. The molecule has 0 amide bonds. The molecule has 0 heterocycles. The lowest BCUT2D eigenvalue weighted by molar-refractivity contribution is 0.254. The van der Waals surface area contributed by atoms with E-state index in [1.807, 2.05) is 24.3 Å². The van der Waals surface area contributed by atoms with E-state index in [2.05, 4.69) is 11.8 Å². The third kappa shape index (κ3) is 4.45. The molecule has 0 saturated carbocycles. The molecule has 0 saturated heterocycles. The van der Waals surface area contributed by atoms with Crippen molar-refractivity contribution in [3.05, 3.63) is 64.4 Å². The van der Waals surface area contributed by atoms with Gasteiger partial charge in [-0.2, -0.15) is 0 Å². The number of nitrogen functional groups attached to an aromatic ring is 1. The molecule has 21 heavy (non-hydrogen) atoms. The predicted octanol–water partition coefficient (Wildman–Crippen LogP) is 4.47. The minimum atomic E-state index is -0.254. The van der Waals surface area contributed by atoms with Crippen LogP contribution >= 0.6 is 11.6 Å². The van der Waals surface area contributed by atoms with E-state index in [4.69, 9.17) is 17.3 Å². The van der Waals surface area contributed by atoms with Crippen LogP contribution in [0.5, 0.6) is 0 Å². The molecule has 0 radical (unpaired) electrons. The van der Waals surface area contributed by atoms with Crippen molar-refractivity contribution in [3.63, 3.8) is 0 Å². The van der Waals surface area contributed by atoms with Crippen LogP contribution in [-0.2, 0) is 13.1 Å². The minimum absolute atomic E-state index is 0.254. The molecule has 0 unspecified atom stereocenters. The Morgan fingerprint density at radius 1 is 1.14 bits per heavy atom. The van der Waals surface area contributed by atoms with Crippen molar-refractivity contribution in [1.82, 2.24) is 4.90 Å². The first-order valence-corrected chi connectivity index (χ1v) is 7.47. The zero-order valence-corrected chi connectivity index (χ0v) is 12.9. The van der Waals surface area contributed by atoms with Gasteiger partial charge in [-0.3, -0.25) is 4.90 Å². The average Bonchev–Trinajstić information content (AvgIpc) is 2.43. The molecule has 2 N–H and O–H groups in total. The smallest absolute Gasteiger partial charge is 0.129 e. The number of anilines is 1. The highest BCUT2D eigenvalue weighted by molar-refractivity contribution is 6.31. The molecule has 0 bridgehead atoms. The second-order valence-corrected chi connectivity index (χ2v) is 5.56. The number of rotatable bonds is 6. The SMILES string of the molecule is CCCN(Cc1cccc(N)c1)Cc1c(F)cccc1Cl. The van der Waals surface area contributed by atoms with Gasteiger partial charge in [-0.25, -0.2) is 4.39 Å². The zero-order valence-electron chi connectivity index (χ0n) is 12.2. The van der Waals surface area contributed by atoms with Crippen molar-refractivity contribution in [2.24, 2.45) is 0 Å². The topological polar surface area (TPSA) is 29.3 Å². The van der Waals surface area contributed by atoms with Gasteiger partial charge in [0, 0.05) is 29.4 Å². The largest absolute Gasteiger partial charge is 0.399 e. The van der Waals surface area contributed by atoms with Crippen LogP contribution in [0, 0.1) is 5.82 Å². The molecular formula is C17H20ClFN2. The Bertz CT molecular complexity index is 581. The van der Waals surface area contributed by atoms with Gasteiger partial charge in [0.05, 0.1) is 0 Å². The standard InChI is InChI=1S/C17H20ClFN2/c1-2-9-21(11-13-5-3-6-14(20)10-13)12-15-16(18)7-4-8-17(15)19/h3-8,10H,2,9,11-12,20H2,1H3. The quantitative estimate of drug-likeness (QED) is 0.798. The monoisotopic (exact) mass is 306 g/mol. The Morgan fingerprint density at radius 3 is 2.57 bits per heavy atom. The molecule has 0 aliphatic rings. The first-order valence-electron chi connectivity index (χ1n) is 7.09. The molecule has 4 heteroatoms. The third-order valence-electron chi connectivity index (χ3n) is 3.34. The molecule has 2 nitrogen and oxygen atoms in total. The number of hydrogen-bond donors (Lipinski definition) is 1. The van der Waals surface area contributed by atoms with Crippen LogP contribution in [0.25, 0.3) is 0 Å². The van der Waals surface area contributed by atoms with E-state index < -0.39 is 0 Å². The Hall–Kier alpha value is -1.58. The van der Waals surface area contributed by atoms with Crippen LogP contribution in [0.2, 0.25) is 5.02 Å². The fraction of sp³-hybridized carbons (Fsp3) is 0.294. The molecule has 112 valence electrons. The summed E-state index contributed by atoms with van der Waals surface area (Å²) >= 11 is 6.12. The summed E-state index contributed by atoms with van der Waals surface area (Å²) in [6.45, 7) is 4.20. The predicted molar refractivity (Wildman–Crippen MR) is 86.7 cm³/mol. The second-order valence-electron chi connectivity index (χ2n) is 5.16. The first-order chi connectivity index (χ1) is 10.1. The Labute approximate surface area is 130 Å². The maximum atomic E-state index is 13.9. The Balaban J connectivity index is 2.16. The van der Waals surface area contributed by atoms with Gasteiger partial charge in [-0.05, 0) is 42.8 Å². The van der Waals surface area contributed by atoms with Crippen molar-refractivity contribution in [3.8, 4) is 0 Å². The summed E-state index contributed by atoms with van der Waals surface area (Å²) in [6.07, 6.45) is 0.994. The lowest BCUT2D eigenvalue weighted by Gasteiger charge is -2.23. The van der Waals surface area contributed by atoms with Crippen molar-refractivity contribution in [2.45, 2.75) is 26.4 Å². The van der Waals surface area contributed by atoms with Crippen LogP contribution in [0.3, 0.4) is 0 Å². The second kappa shape index (κ2) is 7.43. The fourth-order valence-corrected chi connectivity index (χ4v) is 2.61. The highest BCUT2D eigenvalue weighted by Crippen LogP contribution is 2.22. The van der Waals surface area contributed by atoms with E-state index in [1.165, 1.54) is 6.07 Å². The molecule has 0 atom stereocenters. The van der Waals surface area contributed by atoms with Crippen LogP contribution < -0.4 is 5.73 Å². The van der Waals surface area contributed by atoms with Gasteiger partial charge >= 0.3 is 0 Å². The van der Waals surface area contributed by atoms with Crippen LogP contribution in [0.4, 0.5) is 10.1 Å². The summed E-state index contributed by atoms with van der Waals surface area (Å²) in [6, 6.07) is 12.6. The van der Waals surface area contributed by atoms with E-state index in [0.717, 1.165) is 30.8 Å². The van der Waals surface area contributed by atoms with Crippen molar-refractivity contribution in [2.75, 3.05) is 12.3 Å². The van der Waals surface area contributed by atoms with Crippen LogP contribution in [0.15, 0.2) is 42.5 Å². The van der Waals surface area contributed by atoms with Gasteiger partial charge in [0.2, 0.25) is 0 Å². The maximum absolute atomic E-state index is 13.9. The average molecular weight is 307 g/mol. The van der Waals surface area contributed by atoms with E-state index >= 15 is 0 Å². The van der Waals surface area contributed by atoms with Gasteiger partial charge in [-0.15, -0.1) is 0 Å². The third-order valence-corrected chi connectivity index (χ3v) is 3.69. The first kappa shape index (κ1) is 15.8. The summed E-state index contributed by atoms with van der Waals surface area (Å²) < 4.78 is 13.9. The molecule has 0 fully saturated rings. The highest BCUT2D eigenvalue weighted by Gasteiger charge is 2.12. The number of nitrogens with zero attached hydrogens (tertiary/aromatic N) is 1. The highest BCUT2D eigenvalue weighted by atomic mass is 35.5. The lowest BCUT2D eigenvalue weighted by Crippen LogP contribution is -2.24. The summed E-state index contributed by atoms with van der Waals surface area (Å²) in [7, 11) is 0. The lowest BCUT2D eigenvalue weighted by atomic mass is 10.1. The maximum Gasteiger partial charge on any atom is 0.129 e. The molecule has 0 aliphatic heterocycles. The van der Waals surface area contributed by atoms with Gasteiger partial charge in [0.1, 0.15) is 5.82 Å². The van der Waals surface area contributed by atoms with Crippen molar-refractivity contribution < 1.29 is 4.39 Å². The van der Waals surface area contributed by atoms with E-state index in [1.54, 1.807) is 12.1 Å². The number of halogens is 2. The van der Waals surface area contributed by atoms with Crippen molar-refractivity contribution >= 4 is 17.3 Å². The molecule has 0 aliphatic carbocycles. The molecule has 0 aromatic heterocycles. The number of hydrogen-bond acceptors (Lipinski definition) is 2.